The Morgan fingerprint density at radius 1 is 1.20 bits per heavy atom. The van der Waals surface area contributed by atoms with E-state index >= 15 is 0 Å². The molecule has 0 aromatic heterocycles. The lowest BCUT2D eigenvalue weighted by molar-refractivity contribution is -0.124. The SMILES string of the molecule is CN(C)c1cccc(C(=O)OCC(=O)NCc2ccc(F)cc2Cl)c1. The van der Waals surface area contributed by atoms with Crippen molar-refractivity contribution in [3.05, 3.63) is 64.4 Å². The van der Waals surface area contributed by atoms with Gasteiger partial charge in [0, 0.05) is 31.4 Å². The standard InChI is InChI=1S/C18H18ClFN2O3/c1-22(2)15-5-3-4-12(8-15)18(24)25-11-17(23)21-10-13-6-7-14(20)9-16(13)19/h3-9H,10-11H2,1-2H3,(H,21,23). The fraction of sp³-hybridized carbons (Fsp3) is 0.222. The van der Waals surface area contributed by atoms with E-state index in [4.69, 9.17) is 16.3 Å². The van der Waals surface area contributed by atoms with E-state index in [2.05, 4.69) is 5.32 Å². The molecule has 7 heteroatoms. The van der Waals surface area contributed by atoms with E-state index in [0.717, 1.165) is 5.69 Å². The van der Waals surface area contributed by atoms with Crippen LogP contribution in [0.5, 0.6) is 0 Å². The van der Waals surface area contributed by atoms with Gasteiger partial charge < -0.3 is 15.0 Å². The number of anilines is 1. The molecule has 1 N–H and O–H groups in total. The van der Waals surface area contributed by atoms with Gasteiger partial charge in [0.05, 0.1) is 5.56 Å². The highest BCUT2D eigenvalue weighted by Crippen LogP contribution is 2.17. The lowest BCUT2D eigenvalue weighted by Crippen LogP contribution is -2.28. The first-order chi connectivity index (χ1) is 11.9. The van der Waals surface area contributed by atoms with Crippen molar-refractivity contribution in [3.63, 3.8) is 0 Å². The number of carbonyl (C=O) groups is 2. The summed E-state index contributed by atoms with van der Waals surface area (Å²) in [5.74, 6) is -1.51. The van der Waals surface area contributed by atoms with E-state index in [1.54, 1.807) is 18.2 Å². The van der Waals surface area contributed by atoms with Crippen LogP contribution in [0, 0.1) is 5.82 Å². The number of ether oxygens (including phenoxy) is 1. The topological polar surface area (TPSA) is 58.6 Å². The zero-order chi connectivity index (χ0) is 18.4. The normalized spacial score (nSPS) is 10.2. The van der Waals surface area contributed by atoms with Crippen LogP contribution in [0.25, 0.3) is 0 Å². The monoisotopic (exact) mass is 364 g/mol. The Morgan fingerprint density at radius 3 is 2.64 bits per heavy atom. The van der Waals surface area contributed by atoms with E-state index in [1.807, 2.05) is 25.1 Å². The van der Waals surface area contributed by atoms with Gasteiger partial charge in [-0.2, -0.15) is 0 Å². The summed E-state index contributed by atoms with van der Waals surface area (Å²) in [5, 5.41) is 2.78. The molecule has 2 aromatic carbocycles. The van der Waals surface area contributed by atoms with Gasteiger partial charge in [-0.25, -0.2) is 9.18 Å². The van der Waals surface area contributed by atoms with Crippen molar-refractivity contribution < 1.29 is 18.7 Å². The predicted molar refractivity (Wildman–Crippen MR) is 94.3 cm³/mol. The maximum atomic E-state index is 13.0. The van der Waals surface area contributed by atoms with Crippen molar-refractivity contribution in [1.82, 2.24) is 5.32 Å². The molecule has 25 heavy (non-hydrogen) atoms. The maximum Gasteiger partial charge on any atom is 0.338 e. The van der Waals surface area contributed by atoms with Gasteiger partial charge in [-0.05, 0) is 35.9 Å². The lowest BCUT2D eigenvalue weighted by Gasteiger charge is -2.13. The summed E-state index contributed by atoms with van der Waals surface area (Å²) in [6.45, 7) is -0.296. The number of halogens is 2. The van der Waals surface area contributed by atoms with Gasteiger partial charge in [0.2, 0.25) is 0 Å². The smallest absolute Gasteiger partial charge is 0.338 e. The number of nitrogens with zero attached hydrogens (tertiary/aromatic N) is 1. The van der Waals surface area contributed by atoms with Crippen LogP contribution in [0.4, 0.5) is 10.1 Å². The van der Waals surface area contributed by atoms with Gasteiger partial charge in [0.25, 0.3) is 5.91 Å². The minimum absolute atomic E-state index is 0.117. The molecular formula is C18H18ClFN2O3. The Labute approximate surface area is 150 Å². The van der Waals surface area contributed by atoms with E-state index in [1.165, 1.54) is 18.2 Å². The molecule has 0 aliphatic carbocycles. The Bertz CT molecular complexity index is 781. The minimum Gasteiger partial charge on any atom is -0.452 e. The average molecular weight is 365 g/mol. The Morgan fingerprint density at radius 2 is 1.96 bits per heavy atom. The average Bonchev–Trinajstić information content (AvgIpc) is 2.59. The van der Waals surface area contributed by atoms with Gasteiger partial charge in [0.15, 0.2) is 6.61 Å². The van der Waals surface area contributed by atoms with E-state index < -0.39 is 24.3 Å². The summed E-state index contributed by atoms with van der Waals surface area (Å²) >= 11 is 5.88. The van der Waals surface area contributed by atoms with Crippen molar-refractivity contribution in [2.75, 3.05) is 25.6 Å². The molecule has 0 saturated carbocycles. The van der Waals surface area contributed by atoms with Crippen LogP contribution in [0.2, 0.25) is 5.02 Å². The van der Waals surface area contributed by atoms with Gasteiger partial charge in [-0.3, -0.25) is 4.79 Å². The van der Waals surface area contributed by atoms with Crippen LogP contribution >= 0.6 is 11.6 Å². The molecule has 0 fully saturated rings. The maximum absolute atomic E-state index is 13.0. The van der Waals surface area contributed by atoms with Crippen LogP contribution in [0.15, 0.2) is 42.5 Å². The summed E-state index contributed by atoms with van der Waals surface area (Å²) in [5.41, 5.74) is 1.78. The highest BCUT2D eigenvalue weighted by Gasteiger charge is 2.11. The second-order valence-electron chi connectivity index (χ2n) is 5.53. The number of rotatable bonds is 6. The fourth-order valence-electron chi connectivity index (χ4n) is 2.04. The number of amides is 1. The highest BCUT2D eigenvalue weighted by molar-refractivity contribution is 6.31. The molecule has 2 rings (SSSR count). The predicted octanol–water partition coefficient (Wildman–Crippen LogP) is 3.02. The summed E-state index contributed by atoms with van der Waals surface area (Å²) in [4.78, 5) is 25.7. The van der Waals surface area contributed by atoms with Crippen LogP contribution in [0.3, 0.4) is 0 Å². The van der Waals surface area contributed by atoms with E-state index in [9.17, 15) is 14.0 Å². The molecule has 1 amide bonds. The van der Waals surface area contributed by atoms with Crippen LogP contribution in [0.1, 0.15) is 15.9 Å². The zero-order valence-electron chi connectivity index (χ0n) is 13.9. The minimum atomic E-state index is -0.585. The van der Waals surface area contributed by atoms with Crippen molar-refractivity contribution in [3.8, 4) is 0 Å². The largest absolute Gasteiger partial charge is 0.452 e. The third-order valence-electron chi connectivity index (χ3n) is 3.42. The fourth-order valence-corrected chi connectivity index (χ4v) is 2.27. The van der Waals surface area contributed by atoms with Crippen molar-refractivity contribution in [2.24, 2.45) is 0 Å². The highest BCUT2D eigenvalue weighted by atomic mass is 35.5. The molecule has 0 radical (unpaired) electrons. The third kappa shape index (κ3) is 5.46. The molecule has 0 heterocycles. The molecule has 0 spiro atoms. The first kappa shape index (κ1) is 18.7. The van der Waals surface area contributed by atoms with Gasteiger partial charge >= 0.3 is 5.97 Å². The molecule has 2 aromatic rings. The first-order valence-electron chi connectivity index (χ1n) is 7.52. The summed E-state index contributed by atoms with van der Waals surface area (Å²) in [7, 11) is 3.72. The molecule has 0 saturated heterocycles. The number of hydrogen-bond acceptors (Lipinski definition) is 4. The quantitative estimate of drug-likeness (QED) is 0.800. The molecular weight excluding hydrogens is 347 g/mol. The van der Waals surface area contributed by atoms with Crippen LogP contribution in [-0.2, 0) is 16.1 Å². The van der Waals surface area contributed by atoms with E-state index in [-0.39, 0.29) is 11.6 Å². The summed E-state index contributed by atoms with van der Waals surface area (Å²) < 4.78 is 18.0. The molecule has 0 bridgehead atoms. The number of nitrogens with one attached hydrogen (secondary N) is 1. The van der Waals surface area contributed by atoms with Crippen molar-refractivity contribution in [2.45, 2.75) is 6.54 Å². The van der Waals surface area contributed by atoms with Crippen molar-refractivity contribution >= 4 is 29.2 Å². The van der Waals surface area contributed by atoms with Gasteiger partial charge in [0.1, 0.15) is 5.82 Å². The molecule has 5 nitrogen and oxygen atoms in total. The first-order valence-corrected chi connectivity index (χ1v) is 7.90. The molecule has 0 aliphatic rings. The third-order valence-corrected chi connectivity index (χ3v) is 3.78. The number of esters is 1. The van der Waals surface area contributed by atoms with E-state index in [0.29, 0.717) is 11.1 Å². The van der Waals surface area contributed by atoms with Crippen molar-refractivity contribution in [1.29, 1.82) is 0 Å². The van der Waals surface area contributed by atoms with Crippen LogP contribution in [-0.4, -0.2) is 32.6 Å². The van der Waals surface area contributed by atoms with Crippen LogP contribution < -0.4 is 10.2 Å². The lowest BCUT2D eigenvalue weighted by atomic mass is 10.2. The molecule has 0 aliphatic heterocycles. The summed E-state index contributed by atoms with van der Waals surface area (Å²) in [6, 6.07) is 10.8. The number of carbonyl (C=O) groups excluding carboxylic acids is 2. The zero-order valence-corrected chi connectivity index (χ0v) is 14.6. The number of hydrogen-bond donors (Lipinski definition) is 1. The molecule has 132 valence electrons. The summed E-state index contributed by atoms with van der Waals surface area (Å²) in [6.07, 6.45) is 0. The number of benzene rings is 2. The Hall–Kier alpha value is -2.60. The second-order valence-corrected chi connectivity index (χ2v) is 5.94. The Balaban J connectivity index is 1.85. The Kier molecular flexibility index (Phi) is 6.36. The van der Waals surface area contributed by atoms with Gasteiger partial charge in [-0.1, -0.05) is 23.7 Å². The molecule has 0 atom stereocenters. The van der Waals surface area contributed by atoms with Gasteiger partial charge in [-0.15, -0.1) is 0 Å². The second kappa shape index (κ2) is 8.48. The molecule has 0 unspecified atom stereocenters.